The Labute approximate surface area is 276 Å². The first kappa shape index (κ1) is 37.4. The summed E-state index contributed by atoms with van der Waals surface area (Å²) >= 11 is 0. The minimum absolute atomic E-state index is 0.00850. The molecular formula is C38H56O8. The number of carbonyl (C=O) groups is 2. The van der Waals surface area contributed by atoms with E-state index in [2.05, 4.69) is 13.8 Å². The van der Waals surface area contributed by atoms with Crippen molar-refractivity contribution in [3.05, 3.63) is 59.7 Å². The largest absolute Gasteiger partial charge is 0.497 e. The highest BCUT2D eigenvalue weighted by Crippen LogP contribution is 2.39. The molecule has 0 bridgehead atoms. The van der Waals surface area contributed by atoms with E-state index in [1.165, 1.54) is 0 Å². The number of benzene rings is 2. The van der Waals surface area contributed by atoms with Gasteiger partial charge < -0.3 is 28.4 Å². The van der Waals surface area contributed by atoms with Crippen molar-refractivity contribution in [3.8, 4) is 11.5 Å². The Morgan fingerprint density at radius 2 is 1.07 bits per heavy atom. The van der Waals surface area contributed by atoms with Crippen molar-refractivity contribution in [1.82, 2.24) is 0 Å². The fourth-order valence-electron chi connectivity index (χ4n) is 6.40. The Kier molecular flexibility index (Phi) is 14.9. The quantitative estimate of drug-likeness (QED) is 0.204. The average molecular weight is 641 g/mol. The molecule has 0 aliphatic heterocycles. The fraction of sp³-hybridized carbons (Fsp3) is 0.632. The Hall–Kier alpha value is -3.10. The van der Waals surface area contributed by atoms with Crippen molar-refractivity contribution in [1.29, 1.82) is 0 Å². The van der Waals surface area contributed by atoms with Gasteiger partial charge in [-0.15, -0.1) is 0 Å². The first-order valence-electron chi connectivity index (χ1n) is 16.9. The van der Waals surface area contributed by atoms with Gasteiger partial charge in [-0.05, 0) is 101 Å². The molecule has 0 spiro atoms. The second kappa shape index (κ2) is 18.3. The van der Waals surface area contributed by atoms with E-state index in [4.69, 9.17) is 28.4 Å². The fourth-order valence-corrected chi connectivity index (χ4v) is 6.40. The smallest absolute Gasteiger partial charge is 0.309 e. The maximum absolute atomic E-state index is 12.4. The van der Waals surface area contributed by atoms with Crippen LogP contribution in [-0.2, 0) is 41.8 Å². The predicted molar refractivity (Wildman–Crippen MR) is 179 cm³/mol. The highest BCUT2D eigenvalue weighted by molar-refractivity contribution is 5.74. The second-order valence-corrected chi connectivity index (χ2v) is 13.3. The number of carbonyl (C=O) groups excluding carboxylic acids is 2. The van der Waals surface area contributed by atoms with Crippen molar-refractivity contribution >= 4 is 11.9 Å². The summed E-state index contributed by atoms with van der Waals surface area (Å²) in [6, 6.07) is 15.8. The summed E-state index contributed by atoms with van der Waals surface area (Å²) in [5.41, 5.74) is 1.80. The molecule has 0 aromatic heterocycles. The van der Waals surface area contributed by atoms with Gasteiger partial charge in [0.25, 0.3) is 0 Å². The first-order chi connectivity index (χ1) is 22.0. The van der Waals surface area contributed by atoms with Gasteiger partial charge in [-0.2, -0.15) is 0 Å². The van der Waals surface area contributed by atoms with E-state index < -0.39 is 5.60 Å². The molecule has 0 radical (unpaired) electrons. The molecule has 0 N–H and O–H groups in total. The highest BCUT2D eigenvalue weighted by atomic mass is 16.6. The molecule has 8 nitrogen and oxygen atoms in total. The number of ether oxygens (including phenoxy) is 6. The van der Waals surface area contributed by atoms with Crippen molar-refractivity contribution in [2.45, 2.75) is 111 Å². The summed E-state index contributed by atoms with van der Waals surface area (Å²) in [7, 11) is 3.32. The predicted octanol–water partition coefficient (Wildman–Crippen LogP) is 7.94. The molecule has 256 valence electrons. The van der Waals surface area contributed by atoms with Crippen molar-refractivity contribution < 1.29 is 38.0 Å². The number of hydrogen-bond acceptors (Lipinski definition) is 8. The van der Waals surface area contributed by atoms with Gasteiger partial charge in [0.05, 0.1) is 58.1 Å². The third kappa shape index (κ3) is 11.6. The highest BCUT2D eigenvalue weighted by Gasteiger charge is 2.41. The van der Waals surface area contributed by atoms with Crippen LogP contribution in [0.4, 0.5) is 0 Å². The molecule has 2 aromatic rings. The molecule has 2 fully saturated rings. The first-order valence-corrected chi connectivity index (χ1v) is 16.9. The maximum atomic E-state index is 12.4. The van der Waals surface area contributed by atoms with E-state index in [0.717, 1.165) is 61.2 Å². The molecular weight excluding hydrogens is 584 g/mol. The summed E-state index contributed by atoms with van der Waals surface area (Å²) in [6.07, 6.45) is 5.62. The average Bonchev–Trinajstić information content (AvgIpc) is 3.67. The maximum Gasteiger partial charge on any atom is 0.309 e. The standard InChI is InChI=1S/C20H30O4.C18H26O4/c1-6-15-11-17(12-18(15)19(21)24-20(2,3)4)23-13-14-7-9-16(22-5)10-8-14;1-4-14-10-16(11-17(14)18(19)21-5-2)22-12-13-6-8-15(20-3)9-7-13/h7-10,15,17-18H,6,11-13H2,1-5H3;6-9,14,16-17H,4-5,10-12H2,1-3H3. The van der Waals surface area contributed by atoms with Crippen molar-refractivity contribution in [3.63, 3.8) is 0 Å². The van der Waals surface area contributed by atoms with Gasteiger partial charge in [0.2, 0.25) is 0 Å². The van der Waals surface area contributed by atoms with Crippen LogP contribution < -0.4 is 9.47 Å². The molecule has 2 aliphatic rings. The second-order valence-electron chi connectivity index (χ2n) is 13.3. The lowest BCUT2D eigenvalue weighted by molar-refractivity contribution is -0.161. The molecule has 2 aromatic carbocycles. The van der Waals surface area contributed by atoms with Crippen LogP contribution in [0.25, 0.3) is 0 Å². The van der Waals surface area contributed by atoms with Crippen LogP contribution in [0.2, 0.25) is 0 Å². The van der Waals surface area contributed by atoms with Crippen LogP contribution in [0.1, 0.15) is 91.2 Å². The molecule has 0 amide bonds. The summed E-state index contributed by atoms with van der Waals surface area (Å²) in [5.74, 6) is 2.21. The van der Waals surface area contributed by atoms with E-state index in [-0.39, 0.29) is 36.0 Å². The van der Waals surface area contributed by atoms with Gasteiger partial charge in [-0.25, -0.2) is 0 Å². The molecule has 8 heteroatoms. The molecule has 0 heterocycles. The van der Waals surface area contributed by atoms with Gasteiger partial charge in [0.1, 0.15) is 17.1 Å². The van der Waals surface area contributed by atoms with Crippen LogP contribution in [0.15, 0.2) is 48.5 Å². The van der Waals surface area contributed by atoms with Gasteiger partial charge in [-0.3, -0.25) is 9.59 Å². The lowest BCUT2D eigenvalue weighted by atomic mass is 9.93. The Balaban J connectivity index is 0.000000251. The minimum atomic E-state index is -0.433. The third-order valence-corrected chi connectivity index (χ3v) is 8.94. The van der Waals surface area contributed by atoms with Crippen LogP contribution in [0.3, 0.4) is 0 Å². The van der Waals surface area contributed by atoms with E-state index in [1.807, 2.05) is 76.2 Å². The van der Waals surface area contributed by atoms with E-state index in [1.54, 1.807) is 14.2 Å². The van der Waals surface area contributed by atoms with Crippen molar-refractivity contribution in [2.24, 2.45) is 23.7 Å². The van der Waals surface area contributed by atoms with Gasteiger partial charge in [0, 0.05) is 0 Å². The summed E-state index contributed by atoms with van der Waals surface area (Å²) in [6.45, 7) is 13.4. The normalized spacial score (nSPS) is 24.1. The molecule has 2 aliphatic carbocycles. The third-order valence-electron chi connectivity index (χ3n) is 8.94. The number of rotatable bonds is 13. The summed E-state index contributed by atoms with van der Waals surface area (Å²) < 4.78 is 33.1. The number of hydrogen-bond donors (Lipinski definition) is 0. The molecule has 6 atom stereocenters. The Bertz CT molecular complexity index is 1190. The van der Waals surface area contributed by atoms with E-state index in [0.29, 0.717) is 31.7 Å². The lowest BCUT2D eigenvalue weighted by Gasteiger charge is -2.24. The Morgan fingerprint density at radius 3 is 1.41 bits per heavy atom. The summed E-state index contributed by atoms with van der Waals surface area (Å²) in [4.78, 5) is 24.4. The molecule has 46 heavy (non-hydrogen) atoms. The monoisotopic (exact) mass is 640 g/mol. The zero-order chi connectivity index (χ0) is 33.7. The van der Waals surface area contributed by atoms with Crippen molar-refractivity contribution in [2.75, 3.05) is 20.8 Å². The SMILES string of the molecule is CCC1CC(OCc2ccc(OC)cc2)CC1C(=O)OC(C)(C)C.CCOC(=O)C1CC(OCc2ccc(OC)cc2)CC1CC. The van der Waals surface area contributed by atoms with E-state index >= 15 is 0 Å². The van der Waals surface area contributed by atoms with Crippen LogP contribution >= 0.6 is 0 Å². The van der Waals surface area contributed by atoms with Gasteiger partial charge >= 0.3 is 11.9 Å². The minimum Gasteiger partial charge on any atom is -0.497 e. The molecule has 2 saturated carbocycles. The van der Waals surface area contributed by atoms with E-state index in [9.17, 15) is 9.59 Å². The summed E-state index contributed by atoms with van der Waals surface area (Å²) in [5, 5.41) is 0. The number of methoxy groups -OCH3 is 2. The molecule has 6 unspecified atom stereocenters. The topological polar surface area (TPSA) is 89.5 Å². The van der Waals surface area contributed by atoms with Crippen LogP contribution in [0.5, 0.6) is 11.5 Å². The van der Waals surface area contributed by atoms with Gasteiger partial charge in [-0.1, -0.05) is 51.0 Å². The van der Waals surface area contributed by atoms with Crippen LogP contribution in [0, 0.1) is 23.7 Å². The number of esters is 2. The molecule has 4 rings (SSSR count). The lowest BCUT2D eigenvalue weighted by Crippen LogP contribution is -2.30. The van der Waals surface area contributed by atoms with Gasteiger partial charge in [0.15, 0.2) is 0 Å². The zero-order valence-corrected chi connectivity index (χ0v) is 29.2. The Morgan fingerprint density at radius 1 is 0.652 bits per heavy atom. The molecule has 0 saturated heterocycles. The van der Waals surface area contributed by atoms with Crippen LogP contribution in [-0.4, -0.2) is 50.6 Å². The zero-order valence-electron chi connectivity index (χ0n) is 29.2.